The van der Waals surface area contributed by atoms with Gasteiger partial charge in [0.15, 0.2) is 0 Å². The van der Waals surface area contributed by atoms with E-state index in [1.807, 2.05) is 6.92 Å². The molecule has 1 aliphatic rings. The van der Waals surface area contributed by atoms with Gasteiger partial charge in [0, 0.05) is 19.8 Å². The topological polar surface area (TPSA) is 47.6 Å². The fourth-order valence-electron chi connectivity index (χ4n) is 2.94. The van der Waals surface area contributed by atoms with Crippen LogP contribution in [0.15, 0.2) is 0 Å². The quantitative estimate of drug-likeness (QED) is 0.727. The normalized spacial score (nSPS) is 26.6. The summed E-state index contributed by atoms with van der Waals surface area (Å²) in [5, 5.41) is 2.82. The third kappa shape index (κ3) is 6.12. The predicted octanol–water partition coefficient (Wildman–Crippen LogP) is 3.60. The molecule has 0 aromatic heterocycles. The van der Waals surface area contributed by atoms with E-state index in [2.05, 4.69) is 26.1 Å². The van der Waals surface area contributed by atoms with Crippen LogP contribution in [0, 0.1) is 17.8 Å². The Hall–Kier alpha value is -0.770. The van der Waals surface area contributed by atoms with Crippen molar-refractivity contribution in [3.05, 3.63) is 0 Å². The van der Waals surface area contributed by atoms with Crippen LogP contribution in [0.1, 0.15) is 53.4 Å². The fraction of sp³-hybridized carbons (Fsp3) is 0.938. The second-order valence-electron chi connectivity index (χ2n) is 6.25. The highest BCUT2D eigenvalue weighted by Crippen LogP contribution is 2.35. The minimum Gasteiger partial charge on any atom is -0.446 e. The van der Waals surface area contributed by atoms with Crippen LogP contribution in [-0.4, -0.2) is 32.0 Å². The Morgan fingerprint density at radius 2 is 2.10 bits per heavy atom. The summed E-state index contributed by atoms with van der Waals surface area (Å²) in [4.78, 5) is 11.8. The molecule has 4 nitrogen and oxygen atoms in total. The Kier molecular flexibility index (Phi) is 7.97. The van der Waals surface area contributed by atoms with Crippen molar-refractivity contribution in [3.63, 3.8) is 0 Å². The molecule has 118 valence electrons. The standard InChI is InChI=1S/C16H31NO3/c1-5-19-10-6-9-17-16(18)20-15-11-13(4)7-8-14(15)12(2)3/h12-15H,5-11H2,1-4H3,(H,17,18)/t13?,14-,15-/m0/s1. The highest BCUT2D eigenvalue weighted by molar-refractivity contribution is 5.67. The van der Waals surface area contributed by atoms with Gasteiger partial charge in [-0.1, -0.05) is 27.2 Å². The number of rotatable bonds is 7. The molecular formula is C16H31NO3. The summed E-state index contributed by atoms with van der Waals surface area (Å²) < 4.78 is 10.9. The largest absolute Gasteiger partial charge is 0.446 e. The van der Waals surface area contributed by atoms with Gasteiger partial charge in [0.25, 0.3) is 0 Å². The zero-order valence-corrected chi connectivity index (χ0v) is 13.5. The van der Waals surface area contributed by atoms with E-state index in [1.165, 1.54) is 12.8 Å². The number of amides is 1. The van der Waals surface area contributed by atoms with Gasteiger partial charge in [-0.2, -0.15) is 0 Å². The van der Waals surface area contributed by atoms with Gasteiger partial charge in [-0.3, -0.25) is 0 Å². The van der Waals surface area contributed by atoms with Crippen molar-refractivity contribution in [3.8, 4) is 0 Å². The second kappa shape index (κ2) is 9.22. The van der Waals surface area contributed by atoms with Crippen LogP contribution in [0.2, 0.25) is 0 Å². The lowest BCUT2D eigenvalue weighted by Crippen LogP contribution is -2.39. The monoisotopic (exact) mass is 285 g/mol. The second-order valence-corrected chi connectivity index (χ2v) is 6.25. The Balaban J connectivity index is 2.30. The van der Waals surface area contributed by atoms with Crippen LogP contribution in [0.3, 0.4) is 0 Å². The first kappa shape index (κ1) is 17.3. The van der Waals surface area contributed by atoms with Gasteiger partial charge < -0.3 is 14.8 Å². The zero-order chi connectivity index (χ0) is 15.0. The van der Waals surface area contributed by atoms with Crippen molar-refractivity contribution < 1.29 is 14.3 Å². The third-order valence-electron chi connectivity index (χ3n) is 4.16. The maximum atomic E-state index is 11.8. The van der Waals surface area contributed by atoms with Gasteiger partial charge in [0.1, 0.15) is 6.10 Å². The Morgan fingerprint density at radius 3 is 2.75 bits per heavy atom. The number of ether oxygens (including phenoxy) is 2. The minimum absolute atomic E-state index is 0.0747. The summed E-state index contributed by atoms with van der Waals surface area (Å²) in [5.41, 5.74) is 0. The van der Waals surface area contributed by atoms with E-state index in [9.17, 15) is 4.79 Å². The summed E-state index contributed by atoms with van der Waals surface area (Å²) in [5.74, 6) is 1.72. The summed E-state index contributed by atoms with van der Waals surface area (Å²) >= 11 is 0. The molecule has 0 aromatic carbocycles. The molecule has 0 saturated heterocycles. The van der Waals surface area contributed by atoms with Gasteiger partial charge in [0.2, 0.25) is 0 Å². The summed E-state index contributed by atoms with van der Waals surface area (Å²) in [6, 6.07) is 0. The van der Waals surface area contributed by atoms with Crippen LogP contribution in [-0.2, 0) is 9.47 Å². The highest BCUT2D eigenvalue weighted by atomic mass is 16.6. The average Bonchev–Trinajstić information content (AvgIpc) is 2.38. The molecule has 1 rings (SSSR count). The summed E-state index contributed by atoms with van der Waals surface area (Å²) in [6.07, 6.45) is 4.05. The van der Waals surface area contributed by atoms with Gasteiger partial charge in [0.05, 0.1) is 0 Å². The molecule has 1 unspecified atom stereocenters. The molecule has 20 heavy (non-hydrogen) atoms. The molecule has 0 bridgehead atoms. The summed E-state index contributed by atoms with van der Waals surface area (Å²) in [6.45, 7) is 10.7. The van der Waals surface area contributed by atoms with E-state index in [-0.39, 0.29) is 12.2 Å². The van der Waals surface area contributed by atoms with Crippen LogP contribution in [0.25, 0.3) is 0 Å². The molecule has 1 aliphatic carbocycles. The molecule has 0 heterocycles. The van der Waals surface area contributed by atoms with Crippen LogP contribution in [0.5, 0.6) is 0 Å². The number of nitrogens with one attached hydrogen (secondary N) is 1. The molecule has 3 atom stereocenters. The lowest BCUT2D eigenvalue weighted by molar-refractivity contribution is 0.00603. The van der Waals surface area contributed by atoms with Crippen molar-refractivity contribution >= 4 is 6.09 Å². The van der Waals surface area contributed by atoms with Crippen molar-refractivity contribution in [2.45, 2.75) is 59.5 Å². The molecule has 0 spiro atoms. The first-order valence-electron chi connectivity index (χ1n) is 8.06. The molecule has 1 saturated carbocycles. The molecule has 0 aromatic rings. The number of carbonyl (C=O) groups excluding carboxylic acids is 1. The van der Waals surface area contributed by atoms with Crippen molar-refractivity contribution in [1.82, 2.24) is 5.32 Å². The molecular weight excluding hydrogens is 254 g/mol. The van der Waals surface area contributed by atoms with Gasteiger partial charge in [-0.15, -0.1) is 0 Å². The van der Waals surface area contributed by atoms with Gasteiger partial charge in [-0.25, -0.2) is 4.79 Å². The molecule has 0 radical (unpaired) electrons. The zero-order valence-electron chi connectivity index (χ0n) is 13.5. The Bertz CT molecular complexity index is 281. The van der Waals surface area contributed by atoms with Gasteiger partial charge in [-0.05, 0) is 43.9 Å². The highest BCUT2D eigenvalue weighted by Gasteiger charge is 2.33. The third-order valence-corrected chi connectivity index (χ3v) is 4.16. The van der Waals surface area contributed by atoms with E-state index in [4.69, 9.17) is 9.47 Å². The molecule has 1 fully saturated rings. The van der Waals surface area contributed by atoms with Crippen molar-refractivity contribution in [2.24, 2.45) is 17.8 Å². The van der Waals surface area contributed by atoms with E-state index < -0.39 is 0 Å². The number of hydrogen-bond acceptors (Lipinski definition) is 3. The van der Waals surface area contributed by atoms with Crippen LogP contribution in [0.4, 0.5) is 4.79 Å². The minimum atomic E-state index is -0.272. The first-order valence-corrected chi connectivity index (χ1v) is 8.06. The van der Waals surface area contributed by atoms with Gasteiger partial charge >= 0.3 is 6.09 Å². The lowest BCUT2D eigenvalue weighted by atomic mass is 9.75. The molecule has 4 heteroatoms. The van der Waals surface area contributed by atoms with Crippen molar-refractivity contribution in [1.29, 1.82) is 0 Å². The Morgan fingerprint density at radius 1 is 1.35 bits per heavy atom. The SMILES string of the molecule is CCOCCCNC(=O)O[C@H]1CC(C)CC[C@H]1C(C)C. The van der Waals surface area contributed by atoms with E-state index in [0.29, 0.717) is 30.9 Å². The van der Waals surface area contributed by atoms with Crippen molar-refractivity contribution in [2.75, 3.05) is 19.8 Å². The summed E-state index contributed by atoms with van der Waals surface area (Å²) in [7, 11) is 0. The van der Waals surface area contributed by atoms with Crippen LogP contribution < -0.4 is 5.32 Å². The maximum Gasteiger partial charge on any atom is 0.407 e. The Labute approximate surface area is 123 Å². The molecule has 1 amide bonds. The van der Waals surface area contributed by atoms with E-state index >= 15 is 0 Å². The lowest BCUT2D eigenvalue weighted by Gasteiger charge is -2.36. The number of hydrogen-bond donors (Lipinski definition) is 1. The number of carbonyl (C=O) groups is 1. The fourth-order valence-corrected chi connectivity index (χ4v) is 2.94. The maximum absolute atomic E-state index is 11.8. The number of alkyl carbamates (subject to hydrolysis) is 1. The smallest absolute Gasteiger partial charge is 0.407 e. The van der Waals surface area contributed by atoms with E-state index in [0.717, 1.165) is 19.4 Å². The average molecular weight is 285 g/mol. The predicted molar refractivity (Wildman–Crippen MR) is 80.7 cm³/mol. The first-order chi connectivity index (χ1) is 9.54. The van der Waals surface area contributed by atoms with E-state index in [1.54, 1.807) is 0 Å². The molecule has 0 aliphatic heterocycles. The van der Waals surface area contributed by atoms with Crippen LogP contribution >= 0.6 is 0 Å². The molecule has 1 N–H and O–H groups in total.